The number of hydrogen-bond donors (Lipinski definition) is 1. The number of nitrogens with two attached hydrogens (primary N) is 1. The van der Waals surface area contributed by atoms with Crippen LogP contribution in [0.25, 0.3) is 0 Å². The zero-order valence-electron chi connectivity index (χ0n) is 8.73. The second-order valence-corrected chi connectivity index (χ2v) is 5.00. The molecule has 0 bridgehead atoms. The van der Waals surface area contributed by atoms with Crippen LogP contribution >= 0.6 is 31.9 Å². The summed E-state index contributed by atoms with van der Waals surface area (Å²) >= 11 is 6.79. The first-order valence-electron chi connectivity index (χ1n) is 4.83. The van der Waals surface area contributed by atoms with Crippen LogP contribution in [0, 0.1) is 0 Å². The highest BCUT2D eigenvalue weighted by Crippen LogP contribution is 2.31. The zero-order valence-corrected chi connectivity index (χ0v) is 11.9. The molecule has 0 fully saturated rings. The van der Waals surface area contributed by atoms with Gasteiger partial charge in [0.1, 0.15) is 5.75 Å². The molecular formula is C11H9Br2N3O. The summed E-state index contributed by atoms with van der Waals surface area (Å²) in [6.45, 7) is 0.339. The van der Waals surface area contributed by atoms with E-state index in [1.165, 1.54) is 0 Å². The van der Waals surface area contributed by atoms with Crippen molar-refractivity contribution in [1.82, 2.24) is 9.97 Å². The van der Waals surface area contributed by atoms with Gasteiger partial charge in [-0.25, -0.2) is 4.98 Å². The van der Waals surface area contributed by atoms with Crippen LogP contribution in [0.2, 0.25) is 0 Å². The molecule has 88 valence electrons. The first kappa shape index (κ1) is 12.5. The summed E-state index contributed by atoms with van der Waals surface area (Å²) in [6.07, 6.45) is 3.16. The predicted octanol–water partition coefficient (Wildman–Crippen LogP) is 3.25. The van der Waals surface area contributed by atoms with Crippen molar-refractivity contribution in [3.05, 3.63) is 45.2 Å². The summed E-state index contributed by atoms with van der Waals surface area (Å²) in [5.41, 5.74) is 6.18. The summed E-state index contributed by atoms with van der Waals surface area (Å²) in [5.74, 6) is 1.10. The average Bonchev–Trinajstić information content (AvgIpc) is 2.33. The number of halogens is 2. The topological polar surface area (TPSA) is 61.0 Å². The van der Waals surface area contributed by atoms with Crippen molar-refractivity contribution in [2.24, 2.45) is 5.73 Å². The van der Waals surface area contributed by atoms with Gasteiger partial charge in [-0.1, -0.05) is 15.9 Å². The summed E-state index contributed by atoms with van der Waals surface area (Å²) in [6, 6.07) is 5.63. The molecule has 0 aliphatic rings. The second-order valence-electron chi connectivity index (χ2n) is 3.23. The highest BCUT2D eigenvalue weighted by atomic mass is 79.9. The lowest BCUT2D eigenvalue weighted by Crippen LogP contribution is -2.01. The lowest BCUT2D eigenvalue weighted by atomic mass is 10.3. The molecule has 1 aromatic heterocycles. The van der Waals surface area contributed by atoms with Crippen molar-refractivity contribution in [2.45, 2.75) is 6.54 Å². The molecule has 0 atom stereocenters. The molecule has 1 heterocycles. The molecule has 1 aromatic carbocycles. The number of nitrogens with zero attached hydrogens (tertiary/aromatic N) is 2. The van der Waals surface area contributed by atoms with Gasteiger partial charge in [-0.2, -0.15) is 0 Å². The molecule has 0 aliphatic carbocycles. The lowest BCUT2D eigenvalue weighted by Gasteiger charge is -2.07. The Bertz CT molecular complexity index is 534. The minimum Gasteiger partial charge on any atom is -0.436 e. The Labute approximate surface area is 115 Å². The lowest BCUT2D eigenvalue weighted by molar-refractivity contribution is 0.455. The second kappa shape index (κ2) is 5.57. The Morgan fingerprint density at radius 2 is 2.06 bits per heavy atom. The third-order valence-corrected chi connectivity index (χ3v) is 3.09. The number of hydrogen-bond acceptors (Lipinski definition) is 4. The van der Waals surface area contributed by atoms with Gasteiger partial charge in [0.2, 0.25) is 5.88 Å². The van der Waals surface area contributed by atoms with E-state index >= 15 is 0 Å². The van der Waals surface area contributed by atoms with Crippen molar-refractivity contribution in [3.8, 4) is 11.6 Å². The van der Waals surface area contributed by atoms with E-state index in [4.69, 9.17) is 10.5 Å². The van der Waals surface area contributed by atoms with Gasteiger partial charge in [0.05, 0.1) is 16.4 Å². The van der Waals surface area contributed by atoms with E-state index in [2.05, 4.69) is 41.8 Å². The summed E-state index contributed by atoms with van der Waals surface area (Å²) in [5, 5.41) is 0. The first-order chi connectivity index (χ1) is 8.19. The van der Waals surface area contributed by atoms with E-state index in [9.17, 15) is 0 Å². The maximum absolute atomic E-state index is 5.61. The van der Waals surface area contributed by atoms with Gasteiger partial charge >= 0.3 is 0 Å². The molecule has 0 aliphatic heterocycles. The first-order valence-corrected chi connectivity index (χ1v) is 6.41. The Hall–Kier alpha value is -0.980. The SMILES string of the molecule is NCc1cncc(Oc2ccc(Br)cc2Br)n1. The van der Waals surface area contributed by atoms with Crippen molar-refractivity contribution >= 4 is 31.9 Å². The van der Waals surface area contributed by atoms with Crippen molar-refractivity contribution in [3.63, 3.8) is 0 Å². The van der Waals surface area contributed by atoms with Gasteiger partial charge in [-0.3, -0.25) is 4.98 Å². The highest BCUT2D eigenvalue weighted by molar-refractivity contribution is 9.11. The average molecular weight is 359 g/mol. The van der Waals surface area contributed by atoms with Gasteiger partial charge in [-0.15, -0.1) is 0 Å². The maximum atomic E-state index is 5.61. The van der Waals surface area contributed by atoms with Crippen LogP contribution in [0.15, 0.2) is 39.5 Å². The third kappa shape index (κ3) is 3.24. The fourth-order valence-corrected chi connectivity index (χ4v) is 2.33. The Morgan fingerprint density at radius 3 is 2.76 bits per heavy atom. The standard InChI is InChI=1S/C11H9Br2N3O/c12-7-1-2-10(9(13)3-7)17-11-6-15-5-8(4-14)16-11/h1-3,5-6H,4,14H2. The van der Waals surface area contributed by atoms with Crippen LogP contribution in [0.4, 0.5) is 0 Å². The predicted molar refractivity (Wildman–Crippen MR) is 71.8 cm³/mol. The zero-order chi connectivity index (χ0) is 12.3. The molecule has 0 amide bonds. The molecule has 2 rings (SSSR count). The van der Waals surface area contributed by atoms with Gasteiger partial charge in [0.25, 0.3) is 0 Å². The van der Waals surface area contributed by atoms with E-state index in [-0.39, 0.29) is 0 Å². The summed E-state index contributed by atoms with van der Waals surface area (Å²) < 4.78 is 7.42. The van der Waals surface area contributed by atoms with Crippen LogP contribution in [0.3, 0.4) is 0 Å². The van der Waals surface area contributed by atoms with Crippen molar-refractivity contribution in [1.29, 1.82) is 0 Å². The molecule has 17 heavy (non-hydrogen) atoms. The Balaban J connectivity index is 2.25. The van der Waals surface area contributed by atoms with Gasteiger partial charge in [0.15, 0.2) is 0 Å². The normalized spacial score (nSPS) is 10.3. The molecule has 2 N–H and O–H groups in total. The smallest absolute Gasteiger partial charge is 0.238 e. The molecular weight excluding hydrogens is 350 g/mol. The van der Waals surface area contributed by atoms with Crippen molar-refractivity contribution in [2.75, 3.05) is 0 Å². The van der Waals surface area contributed by atoms with Crippen molar-refractivity contribution < 1.29 is 4.74 Å². The number of benzene rings is 1. The van der Waals surface area contributed by atoms with Crippen LogP contribution < -0.4 is 10.5 Å². The van der Waals surface area contributed by atoms with E-state index in [0.717, 1.165) is 8.95 Å². The van der Waals surface area contributed by atoms with Gasteiger partial charge in [-0.05, 0) is 34.1 Å². The number of rotatable bonds is 3. The Morgan fingerprint density at radius 1 is 1.24 bits per heavy atom. The van der Waals surface area contributed by atoms with Gasteiger partial charge < -0.3 is 10.5 Å². The largest absolute Gasteiger partial charge is 0.436 e. The molecule has 2 aromatic rings. The molecule has 0 radical (unpaired) electrons. The fraction of sp³-hybridized carbons (Fsp3) is 0.0909. The number of aromatic nitrogens is 2. The number of ether oxygens (including phenoxy) is 1. The Kier molecular flexibility index (Phi) is 4.09. The van der Waals surface area contributed by atoms with E-state index in [1.54, 1.807) is 12.4 Å². The highest BCUT2D eigenvalue weighted by Gasteiger charge is 2.05. The summed E-state index contributed by atoms with van der Waals surface area (Å²) in [4.78, 5) is 8.21. The molecule has 0 saturated heterocycles. The molecule has 4 nitrogen and oxygen atoms in total. The van der Waals surface area contributed by atoms with Gasteiger partial charge in [0, 0.05) is 17.2 Å². The van der Waals surface area contributed by atoms with E-state index in [1.807, 2.05) is 18.2 Å². The molecule has 0 saturated carbocycles. The van der Waals surface area contributed by atoms with Crippen LogP contribution in [0.5, 0.6) is 11.6 Å². The third-order valence-electron chi connectivity index (χ3n) is 1.98. The quantitative estimate of drug-likeness (QED) is 0.914. The van der Waals surface area contributed by atoms with Crippen LogP contribution in [-0.4, -0.2) is 9.97 Å². The molecule has 0 spiro atoms. The molecule has 6 heteroatoms. The minimum atomic E-state index is 0.339. The van der Waals surface area contributed by atoms with E-state index in [0.29, 0.717) is 23.9 Å². The fourth-order valence-electron chi connectivity index (χ4n) is 1.20. The van der Waals surface area contributed by atoms with Crippen LogP contribution in [-0.2, 0) is 6.54 Å². The van der Waals surface area contributed by atoms with E-state index < -0.39 is 0 Å². The monoisotopic (exact) mass is 357 g/mol. The summed E-state index contributed by atoms with van der Waals surface area (Å²) in [7, 11) is 0. The minimum absolute atomic E-state index is 0.339. The maximum Gasteiger partial charge on any atom is 0.238 e. The molecule has 0 unspecified atom stereocenters. The van der Waals surface area contributed by atoms with Crippen LogP contribution in [0.1, 0.15) is 5.69 Å².